The molecular formula is C16H12N4. The predicted octanol–water partition coefficient (Wildman–Crippen LogP) is 3.26. The van der Waals surface area contributed by atoms with Gasteiger partial charge in [0.15, 0.2) is 5.65 Å². The summed E-state index contributed by atoms with van der Waals surface area (Å²) in [5.41, 5.74) is 2.71. The highest BCUT2D eigenvalue weighted by Crippen LogP contribution is 2.05. The summed E-state index contributed by atoms with van der Waals surface area (Å²) in [5, 5.41) is 1.09. The Bertz CT molecular complexity index is 628. The first-order valence-corrected chi connectivity index (χ1v) is 6.25. The molecule has 0 saturated heterocycles. The second-order valence-corrected chi connectivity index (χ2v) is 4.10. The minimum Gasteiger partial charge on any atom is -0.253 e. The third-order valence-corrected chi connectivity index (χ3v) is 2.75. The van der Waals surface area contributed by atoms with Crippen LogP contribution in [-0.2, 0) is 0 Å². The molecule has 4 rings (SSSR count). The summed E-state index contributed by atoms with van der Waals surface area (Å²) in [6, 6.07) is 15.6. The fraction of sp³-hybridized carbons (Fsp3) is 0. The molecule has 0 saturated carbocycles. The number of para-hydroxylation sites is 2. The van der Waals surface area contributed by atoms with Crippen molar-refractivity contribution in [1.82, 2.24) is 19.9 Å². The van der Waals surface area contributed by atoms with E-state index in [0.29, 0.717) is 0 Å². The van der Waals surface area contributed by atoms with Crippen LogP contribution in [0.1, 0.15) is 0 Å². The Balaban J connectivity index is 0.000000121. The summed E-state index contributed by atoms with van der Waals surface area (Å²) in [7, 11) is 0. The summed E-state index contributed by atoms with van der Waals surface area (Å²) in [5.74, 6) is 0. The van der Waals surface area contributed by atoms with Crippen molar-refractivity contribution in [3.8, 4) is 0 Å². The van der Waals surface area contributed by atoms with Crippen molar-refractivity contribution >= 4 is 22.1 Å². The highest BCUT2D eigenvalue weighted by molar-refractivity contribution is 5.73. The van der Waals surface area contributed by atoms with Crippen molar-refractivity contribution in [3.05, 3.63) is 73.3 Å². The molecule has 0 aliphatic carbocycles. The Labute approximate surface area is 116 Å². The van der Waals surface area contributed by atoms with Gasteiger partial charge in [0.1, 0.15) is 0 Å². The van der Waals surface area contributed by atoms with E-state index in [1.54, 1.807) is 24.8 Å². The second kappa shape index (κ2) is 5.84. The molecule has 3 aromatic heterocycles. The normalized spacial score (nSPS) is 10.0. The van der Waals surface area contributed by atoms with Gasteiger partial charge in [0.2, 0.25) is 0 Å². The van der Waals surface area contributed by atoms with Crippen LogP contribution in [0.4, 0.5) is 0 Å². The van der Waals surface area contributed by atoms with E-state index in [1.807, 2.05) is 48.5 Å². The van der Waals surface area contributed by atoms with Crippen LogP contribution < -0.4 is 0 Å². The SMILES string of the molecule is c1ccc2nccnc2c1.c1cnc2ncccc2c1. The summed E-state index contributed by atoms with van der Waals surface area (Å²) < 4.78 is 0. The summed E-state index contributed by atoms with van der Waals surface area (Å²) in [6.07, 6.45) is 6.88. The van der Waals surface area contributed by atoms with E-state index < -0.39 is 0 Å². The van der Waals surface area contributed by atoms with Gasteiger partial charge >= 0.3 is 0 Å². The molecule has 1 aromatic carbocycles. The van der Waals surface area contributed by atoms with Crippen molar-refractivity contribution in [2.24, 2.45) is 0 Å². The zero-order valence-corrected chi connectivity index (χ0v) is 10.7. The van der Waals surface area contributed by atoms with Gasteiger partial charge in [-0.15, -0.1) is 0 Å². The fourth-order valence-electron chi connectivity index (χ4n) is 1.82. The molecule has 0 bridgehead atoms. The first-order valence-electron chi connectivity index (χ1n) is 6.25. The van der Waals surface area contributed by atoms with Crippen molar-refractivity contribution in [2.75, 3.05) is 0 Å². The smallest absolute Gasteiger partial charge is 0.159 e. The van der Waals surface area contributed by atoms with Gasteiger partial charge < -0.3 is 0 Å². The lowest BCUT2D eigenvalue weighted by molar-refractivity contribution is 1.29. The standard InChI is InChI=1S/2C8H6N2/c1-3-7-4-2-6-10-8(7)9-5-1;1-2-4-8-7(3-1)9-5-6-10-8/h2*1-6H. The van der Waals surface area contributed by atoms with Crippen molar-refractivity contribution in [1.29, 1.82) is 0 Å². The number of pyridine rings is 2. The molecule has 20 heavy (non-hydrogen) atoms. The minimum atomic E-state index is 0.810. The molecule has 3 heterocycles. The molecular weight excluding hydrogens is 248 g/mol. The number of benzene rings is 1. The zero-order chi connectivity index (χ0) is 13.6. The third-order valence-electron chi connectivity index (χ3n) is 2.75. The average molecular weight is 260 g/mol. The van der Waals surface area contributed by atoms with E-state index in [0.717, 1.165) is 22.1 Å². The van der Waals surface area contributed by atoms with Crippen LogP contribution >= 0.6 is 0 Å². The Morgan fingerprint density at radius 1 is 0.500 bits per heavy atom. The number of nitrogens with zero attached hydrogens (tertiary/aromatic N) is 4. The summed E-state index contributed by atoms with van der Waals surface area (Å²) in [6.45, 7) is 0. The van der Waals surface area contributed by atoms with Gasteiger partial charge in [-0.1, -0.05) is 12.1 Å². The van der Waals surface area contributed by atoms with Gasteiger partial charge in [-0.05, 0) is 36.4 Å². The Morgan fingerprint density at radius 3 is 1.55 bits per heavy atom. The monoisotopic (exact) mass is 260 g/mol. The largest absolute Gasteiger partial charge is 0.253 e. The number of fused-ring (bicyclic) bond motifs is 2. The molecule has 0 aliphatic rings. The predicted molar refractivity (Wildman–Crippen MR) is 79.1 cm³/mol. The molecule has 0 atom stereocenters. The molecule has 96 valence electrons. The molecule has 4 heteroatoms. The fourth-order valence-corrected chi connectivity index (χ4v) is 1.82. The van der Waals surface area contributed by atoms with Gasteiger partial charge in [0, 0.05) is 30.2 Å². The molecule has 4 aromatic rings. The van der Waals surface area contributed by atoms with Gasteiger partial charge in [0.05, 0.1) is 11.0 Å². The molecule has 0 fully saturated rings. The summed E-state index contributed by atoms with van der Waals surface area (Å²) >= 11 is 0. The zero-order valence-electron chi connectivity index (χ0n) is 10.7. The van der Waals surface area contributed by atoms with Crippen molar-refractivity contribution in [3.63, 3.8) is 0 Å². The number of rotatable bonds is 0. The van der Waals surface area contributed by atoms with Crippen LogP contribution in [0.5, 0.6) is 0 Å². The summed E-state index contributed by atoms with van der Waals surface area (Å²) in [4.78, 5) is 16.4. The lowest BCUT2D eigenvalue weighted by Gasteiger charge is -1.90. The van der Waals surface area contributed by atoms with Gasteiger partial charge in [-0.3, -0.25) is 9.97 Å². The maximum Gasteiger partial charge on any atom is 0.159 e. The highest BCUT2D eigenvalue weighted by Gasteiger charge is 1.89. The maximum atomic E-state index is 4.12. The van der Waals surface area contributed by atoms with Gasteiger partial charge in [-0.2, -0.15) is 0 Å². The van der Waals surface area contributed by atoms with Crippen molar-refractivity contribution < 1.29 is 0 Å². The Morgan fingerprint density at radius 2 is 1.05 bits per heavy atom. The first kappa shape index (κ1) is 12.2. The number of aromatic nitrogens is 4. The highest BCUT2D eigenvalue weighted by atomic mass is 14.8. The van der Waals surface area contributed by atoms with Gasteiger partial charge in [0.25, 0.3) is 0 Å². The van der Waals surface area contributed by atoms with E-state index in [-0.39, 0.29) is 0 Å². The second-order valence-electron chi connectivity index (χ2n) is 4.10. The van der Waals surface area contributed by atoms with E-state index in [1.165, 1.54) is 0 Å². The van der Waals surface area contributed by atoms with Crippen LogP contribution in [0.15, 0.2) is 73.3 Å². The van der Waals surface area contributed by atoms with E-state index in [9.17, 15) is 0 Å². The Kier molecular flexibility index (Phi) is 3.55. The van der Waals surface area contributed by atoms with Crippen LogP contribution in [0, 0.1) is 0 Å². The minimum absolute atomic E-state index is 0.810. The lowest BCUT2D eigenvalue weighted by Crippen LogP contribution is -1.78. The molecule has 0 spiro atoms. The van der Waals surface area contributed by atoms with Crippen LogP contribution in [-0.4, -0.2) is 19.9 Å². The van der Waals surface area contributed by atoms with Crippen molar-refractivity contribution in [2.45, 2.75) is 0 Å². The molecule has 4 nitrogen and oxygen atoms in total. The molecule has 0 amide bonds. The number of hydrogen-bond acceptors (Lipinski definition) is 4. The van der Waals surface area contributed by atoms with Crippen LogP contribution in [0.25, 0.3) is 22.1 Å². The van der Waals surface area contributed by atoms with Gasteiger partial charge in [-0.25, -0.2) is 9.97 Å². The maximum absolute atomic E-state index is 4.12. The van der Waals surface area contributed by atoms with E-state index in [4.69, 9.17) is 0 Å². The lowest BCUT2D eigenvalue weighted by atomic mass is 10.3. The number of hydrogen-bond donors (Lipinski definition) is 0. The topological polar surface area (TPSA) is 51.6 Å². The third kappa shape index (κ3) is 2.75. The molecule has 0 N–H and O–H groups in total. The van der Waals surface area contributed by atoms with E-state index in [2.05, 4.69) is 19.9 Å². The van der Waals surface area contributed by atoms with Crippen LogP contribution in [0.2, 0.25) is 0 Å². The van der Waals surface area contributed by atoms with Crippen LogP contribution in [0.3, 0.4) is 0 Å². The van der Waals surface area contributed by atoms with E-state index >= 15 is 0 Å². The molecule has 0 aliphatic heterocycles. The Hall–Kier alpha value is -2.88. The quantitative estimate of drug-likeness (QED) is 0.487. The average Bonchev–Trinajstić information content (AvgIpc) is 2.56. The molecule has 0 radical (unpaired) electrons. The first-order chi connectivity index (χ1) is 9.93. The molecule has 0 unspecified atom stereocenters.